The molecule has 4 aromatic rings. The Morgan fingerprint density at radius 2 is 1.43 bits per heavy atom. The summed E-state index contributed by atoms with van der Waals surface area (Å²) in [7, 11) is 0. The van der Waals surface area contributed by atoms with Crippen LogP contribution < -0.4 is 15.2 Å². The lowest BCUT2D eigenvalue weighted by molar-refractivity contribution is 0.0901. The van der Waals surface area contributed by atoms with Crippen LogP contribution in [0.15, 0.2) is 126 Å². The van der Waals surface area contributed by atoms with Gasteiger partial charge < -0.3 is 9.64 Å². The maximum absolute atomic E-state index is 13.2. The van der Waals surface area contributed by atoms with E-state index in [1.165, 1.54) is 32.8 Å². The fourth-order valence-corrected chi connectivity index (χ4v) is 7.43. The zero-order valence-electron chi connectivity index (χ0n) is 31.5. The molecule has 0 unspecified atom stereocenters. The predicted molar refractivity (Wildman–Crippen MR) is 227 cm³/mol. The number of hydrogen-bond acceptors (Lipinski definition) is 6. The van der Waals surface area contributed by atoms with E-state index >= 15 is 0 Å². The van der Waals surface area contributed by atoms with Gasteiger partial charge in [-0.15, -0.1) is 11.3 Å². The zero-order valence-corrected chi connectivity index (χ0v) is 32.4. The van der Waals surface area contributed by atoms with Crippen molar-refractivity contribution in [2.24, 2.45) is 0 Å². The lowest BCUT2D eigenvalue weighted by Gasteiger charge is -2.36. The van der Waals surface area contributed by atoms with E-state index in [0.29, 0.717) is 30.7 Å². The number of unbranched alkanes of at least 4 members (excludes halogenated alkanes) is 3. The van der Waals surface area contributed by atoms with E-state index in [2.05, 4.69) is 107 Å². The van der Waals surface area contributed by atoms with Crippen LogP contribution in [0.3, 0.4) is 0 Å². The SMILES string of the molecule is CCCC=CCC=CCC=CCC=CCC=CCCCC(=O)n1c(=O)ccc2ccc(OCCCCN3CCN(c4cccc5sccc45)CC3)cc21. The molecule has 1 aliphatic heterocycles. The van der Waals surface area contributed by atoms with Crippen LogP contribution >= 0.6 is 11.3 Å². The maximum atomic E-state index is 13.2. The standard InChI is InChI=1S/C46H57N3O3S/c1-2-3-4-5-6-7-8-9-10-11-12-13-14-15-16-17-18-19-25-45(50)49-43-38-40(28-26-39(43)27-29-46(49)51)52-36-21-20-31-47-32-34-48(35-33-47)42-23-22-24-44-41(42)30-37-53-44/h4-5,7-8,10-11,13-14,16-17,22-24,26-30,37-38H,2-3,6,9,12,15,18-21,25,31-36H2,1H3. The number of carbonyl (C=O) groups excluding carboxylic acids is 1. The topological polar surface area (TPSA) is 54.8 Å². The monoisotopic (exact) mass is 731 g/mol. The van der Waals surface area contributed by atoms with Crippen LogP contribution in [0.25, 0.3) is 21.0 Å². The average Bonchev–Trinajstić information content (AvgIpc) is 3.67. The van der Waals surface area contributed by atoms with Gasteiger partial charge in [0.15, 0.2) is 0 Å². The van der Waals surface area contributed by atoms with Gasteiger partial charge in [0.25, 0.3) is 5.56 Å². The number of ether oxygens (including phenoxy) is 1. The third-order valence-corrected chi connectivity index (χ3v) is 10.5. The highest BCUT2D eigenvalue weighted by atomic mass is 32.1. The Balaban J connectivity index is 0.970. The van der Waals surface area contributed by atoms with Crippen molar-refractivity contribution in [1.82, 2.24) is 9.47 Å². The molecule has 0 saturated carbocycles. The molecule has 53 heavy (non-hydrogen) atoms. The highest BCUT2D eigenvalue weighted by Gasteiger charge is 2.18. The van der Waals surface area contributed by atoms with Crippen LogP contribution in [0.5, 0.6) is 5.75 Å². The summed E-state index contributed by atoms with van der Waals surface area (Å²) in [6, 6.07) is 17.8. The van der Waals surface area contributed by atoms with Gasteiger partial charge in [-0.2, -0.15) is 0 Å². The summed E-state index contributed by atoms with van der Waals surface area (Å²) in [4.78, 5) is 31.1. The van der Waals surface area contributed by atoms with Crippen LogP contribution in [0.1, 0.15) is 82.3 Å². The molecule has 0 aliphatic carbocycles. The summed E-state index contributed by atoms with van der Waals surface area (Å²) in [5.41, 5.74) is 1.68. The van der Waals surface area contributed by atoms with Crippen molar-refractivity contribution in [3.05, 3.63) is 131 Å². The van der Waals surface area contributed by atoms with Gasteiger partial charge in [0, 0.05) is 60.5 Å². The fourth-order valence-electron chi connectivity index (χ4n) is 6.62. The molecule has 280 valence electrons. The third-order valence-electron chi connectivity index (χ3n) is 9.58. The summed E-state index contributed by atoms with van der Waals surface area (Å²) >= 11 is 1.81. The molecule has 6 nitrogen and oxygen atoms in total. The van der Waals surface area contributed by atoms with Gasteiger partial charge in [-0.1, -0.05) is 80.2 Å². The molecule has 2 aromatic heterocycles. The molecule has 0 amide bonds. The van der Waals surface area contributed by atoms with E-state index in [0.717, 1.165) is 89.5 Å². The summed E-state index contributed by atoms with van der Waals surface area (Å²) in [5, 5.41) is 4.40. The molecule has 2 aromatic carbocycles. The first-order valence-electron chi connectivity index (χ1n) is 19.6. The minimum atomic E-state index is -0.294. The fraction of sp³-hybridized carbons (Fsp3) is 0.391. The van der Waals surface area contributed by atoms with Crippen molar-refractivity contribution in [3.8, 4) is 5.75 Å². The Labute approximate surface area is 320 Å². The summed E-state index contributed by atoms with van der Waals surface area (Å²) in [6.45, 7) is 8.09. The molecule has 0 bridgehead atoms. The van der Waals surface area contributed by atoms with Gasteiger partial charge in [-0.05, 0) is 111 Å². The average molecular weight is 732 g/mol. The van der Waals surface area contributed by atoms with Gasteiger partial charge in [0.05, 0.1) is 12.1 Å². The first-order chi connectivity index (χ1) is 26.1. The van der Waals surface area contributed by atoms with Gasteiger partial charge >= 0.3 is 0 Å². The van der Waals surface area contributed by atoms with Crippen molar-refractivity contribution in [3.63, 3.8) is 0 Å². The van der Waals surface area contributed by atoms with Crippen molar-refractivity contribution in [2.45, 2.75) is 77.6 Å². The molecular formula is C46H57N3O3S. The van der Waals surface area contributed by atoms with Crippen LogP contribution in [-0.2, 0) is 0 Å². The third kappa shape index (κ3) is 12.9. The van der Waals surface area contributed by atoms with Crippen LogP contribution in [0.4, 0.5) is 5.69 Å². The Kier molecular flexibility index (Phi) is 16.9. The number of hydrogen-bond donors (Lipinski definition) is 0. The number of benzene rings is 2. The number of fused-ring (bicyclic) bond motifs is 2. The zero-order chi connectivity index (χ0) is 36.9. The van der Waals surface area contributed by atoms with Gasteiger partial charge in [-0.3, -0.25) is 14.5 Å². The van der Waals surface area contributed by atoms with Crippen molar-refractivity contribution in [2.75, 3.05) is 44.2 Å². The minimum Gasteiger partial charge on any atom is -0.494 e. The lowest BCUT2D eigenvalue weighted by Crippen LogP contribution is -2.46. The summed E-state index contributed by atoms with van der Waals surface area (Å²) in [5.74, 6) is 0.516. The molecule has 0 spiro atoms. The first kappa shape index (κ1) is 39.7. The quantitative estimate of drug-likeness (QED) is 0.0631. The predicted octanol–water partition coefficient (Wildman–Crippen LogP) is 11.1. The van der Waals surface area contributed by atoms with Crippen molar-refractivity contribution in [1.29, 1.82) is 0 Å². The highest BCUT2D eigenvalue weighted by molar-refractivity contribution is 7.17. The smallest absolute Gasteiger partial charge is 0.257 e. The largest absolute Gasteiger partial charge is 0.494 e. The summed E-state index contributed by atoms with van der Waals surface area (Å²) in [6.07, 6.45) is 31.9. The molecular weight excluding hydrogens is 675 g/mol. The number of pyridine rings is 1. The number of rotatable bonds is 21. The molecule has 7 heteroatoms. The second-order valence-electron chi connectivity index (χ2n) is 13.6. The molecule has 1 fully saturated rings. The molecule has 1 saturated heterocycles. The Morgan fingerprint density at radius 1 is 0.755 bits per heavy atom. The van der Waals surface area contributed by atoms with Crippen LogP contribution in [0, 0.1) is 0 Å². The Morgan fingerprint density at radius 3 is 2.15 bits per heavy atom. The number of allylic oxidation sites excluding steroid dienone is 10. The van der Waals surface area contributed by atoms with E-state index in [1.807, 2.05) is 18.2 Å². The van der Waals surface area contributed by atoms with E-state index in [4.69, 9.17) is 4.74 Å². The number of carbonyl (C=O) groups is 1. The molecule has 0 radical (unpaired) electrons. The normalized spacial score (nSPS) is 14.5. The van der Waals surface area contributed by atoms with Gasteiger partial charge in [0.2, 0.25) is 5.91 Å². The Hall–Kier alpha value is -4.46. The number of aromatic nitrogens is 1. The van der Waals surface area contributed by atoms with E-state index in [9.17, 15) is 9.59 Å². The molecule has 3 heterocycles. The second kappa shape index (κ2) is 22.6. The maximum Gasteiger partial charge on any atom is 0.257 e. The summed E-state index contributed by atoms with van der Waals surface area (Å²) < 4.78 is 8.79. The van der Waals surface area contributed by atoms with E-state index in [-0.39, 0.29) is 11.5 Å². The highest BCUT2D eigenvalue weighted by Crippen LogP contribution is 2.31. The number of nitrogens with zero attached hydrogens (tertiary/aromatic N) is 3. The molecule has 0 N–H and O–H groups in total. The Bertz CT molecular complexity index is 1920. The second-order valence-corrected chi connectivity index (χ2v) is 14.5. The number of anilines is 1. The first-order valence-corrected chi connectivity index (χ1v) is 20.5. The van der Waals surface area contributed by atoms with Crippen LogP contribution in [0.2, 0.25) is 0 Å². The van der Waals surface area contributed by atoms with E-state index < -0.39 is 0 Å². The molecule has 0 atom stereocenters. The molecule has 5 rings (SSSR count). The number of piperazine rings is 1. The van der Waals surface area contributed by atoms with E-state index in [1.54, 1.807) is 17.4 Å². The lowest BCUT2D eigenvalue weighted by atomic mass is 10.1. The van der Waals surface area contributed by atoms with Gasteiger partial charge in [0.1, 0.15) is 5.75 Å². The number of thiophene rings is 1. The van der Waals surface area contributed by atoms with Gasteiger partial charge in [-0.25, -0.2) is 4.57 Å². The minimum absolute atomic E-state index is 0.173. The molecule has 1 aliphatic rings. The van der Waals surface area contributed by atoms with Crippen molar-refractivity contribution >= 4 is 43.9 Å². The van der Waals surface area contributed by atoms with Crippen LogP contribution in [-0.4, -0.2) is 54.7 Å². The van der Waals surface area contributed by atoms with Crippen molar-refractivity contribution < 1.29 is 9.53 Å².